The minimum atomic E-state index is -4.74. The predicted molar refractivity (Wildman–Crippen MR) is 63.6 cm³/mol. The van der Waals surface area contributed by atoms with E-state index in [1.807, 2.05) is 0 Å². The second kappa shape index (κ2) is 6.10. The summed E-state index contributed by atoms with van der Waals surface area (Å²) < 4.78 is 38.3. The molecule has 0 unspecified atom stereocenters. The van der Waals surface area contributed by atoms with Gasteiger partial charge in [0.05, 0.1) is 17.2 Å². The maximum Gasteiger partial charge on any atom is 0.417 e. The minimum absolute atomic E-state index is 0.166. The van der Waals surface area contributed by atoms with Gasteiger partial charge in [0.1, 0.15) is 23.9 Å². The second-order valence-electron chi connectivity index (χ2n) is 3.58. The van der Waals surface area contributed by atoms with Gasteiger partial charge in [-0.05, 0) is 18.2 Å². The van der Waals surface area contributed by atoms with Gasteiger partial charge in [0.2, 0.25) is 0 Å². The highest BCUT2D eigenvalue weighted by Gasteiger charge is 2.33. The molecule has 1 N–H and O–H groups in total. The summed E-state index contributed by atoms with van der Waals surface area (Å²) in [5.74, 6) is 0. The van der Waals surface area contributed by atoms with Crippen LogP contribution in [0.4, 0.5) is 18.9 Å². The Morgan fingerprint density at radius 2 is 1.62 bits per heavy atom. The lowest BCUT2D eigenvalue weighted by Gasteiger charge is -2.11. The number of hydrogen-bond acceptors (Lipinski definition) is 5. The van der Waals surface area contributed by atoms with Crippen LogP contribution < -0.4 is 5.32 Å². The lowest BCUT2D eigenvalue weighted by molar-refractivity contribution is -0.137. The molecule has 0 fully saturated rings. The topological polar surface area (TPSA) is 107 Å². The van der Waals surface area contributed by atoms with Gasteiger partial charge in [-0.1, -0.05) is 0 Å². The van der Waals surface area contributed by atoms with Crippen molar-refractivity contribution in [2.75, 3.05) is 5.32 Å². The van der Waals surface area contributed by atoms with Crippen LogP contribution in [0, 0.1) is 45.3 Å². The summed E-state index contributed by atoms with van der Waals surface area (Å²) in [5.41, 5.74) is -2.95. The number of nitrogens with zero attached hydrogens (tertiary/aromatic N) is 4. The first kappa shape index (κ1) is 15.6. The van der Waals surface area contributed by atoms with Gasteiger partial charge < -0.3 is 5.32 Å². The normalized spacial score (nSPS) is 9.48. The molecular formula is C13H4F3N5. The van der Waals surface area contributed by atoms with Gasteiger partial charge in [-0.2, -0.15) is 34.2 Å². The van der Waals surface area contributed by atoms with E-state index >= 15 is 0 Å². The Kier molecular flexibility index (Phi) is 4.52. The van der Waals surface area contributed by atoms with Gasteiger partial charge in [-0.3, -0.25) is 0 Å². The van der Waals surface area contributed by atoms with E-state index in [9.17, 15) is 13.2 Å². The summed E-state index contributed by atoms with van der Waals surface area (Å²) in [5, 5.41) is 37.0. The molecule has 0 amide bonds. The van der Waals surface area contributed by atoms with Crippen molar-refractivity contribution < 1.29 is 13.2 Å². The molecule has 5 nitrogen and oxygen atoms in total. The molecule has 21 heavy (non-hydrogen) atoms. The molecule has 102 valence electrons. The Morgan fingerprint density at radius 3 is 2.05 bits per heavy atom. The maximum atomic E-state index is 12.8. The first-order valence-electron chi connectivity index (χ1n) is 5.20. The molecule has 0 aromatic heterocycles. The highest BCUT2D eigenvalue weighted by atomic mass is 19.4. The lowest BCUT2D eigenvalue weighted by Crippen LogP contribution is -2.09. The van der Waals surface area contributed by atoms with Crippen LogP contribution in [-0.4, -0.2) is 0 Å². The third-order valence-electron chi connectivity index (χ3n) is 2.30. The van der Waals surface area contributed by atoms with E-state index in [1.165, 1.54) is 24.3 Å². The van der Waals surface area contributed by atoms with Gasteiger partial charge >= 0.3 is 6.18 Å². The van der Waals surface area contributed by atoms with Crippen molar-refractivity contribution in [2.24, 2.45) is 0 Å². The van der Waals surface area contributed by atoms with Gasteiger partial charge in [0.15, 0.2) is 5.57 Å². The average Bonchev–Trinajstić information content (AvgIpc) is 2.46. The van der Waals surface area contributed by atoms with E-state index in [4.69, 9.17) is 21.0 Å². The van der Waals surface area contributed by atoms with E-state index in [0.29, 0.717) is 6.07 Å². The fraction of sp³-hybridized carbons (Fsp3) is 0.0769. The second-order valence-corrected chi connectivity index (χ2v) is 3.58. The Labute approximate surface area is 117 Å². The van der Waals surface area contributed by atoms with Crippen molar-refractivity contribution in [3.8, 4) is 24.3 Å². The van der Waals surface area contributed by atoms with Gasteiger partial charge in [0.25, 0.3) is 0 Å². The summed E-state index contributed by atoms with van der Waals surface area (Å²) >= 11 is 0. The zero-order valence-electron chi connectivity index (χ0n) is 10.2. The van der Waals surface area contributed by atoms with Crippen molar-refractivity contribution in [3.05, 3.63) is 40.6 Å². The number of anilines is 1. The molecule has 0 radical (unpaired) electrons. The van der Waals surface area contributed by atoms with Crippen LogP contribution in [0.25, 0.3) is 0 Å². The number of nitriles is 4. The third kappa shape index (κ3) is 3.50. The van der Waals surface area contributed by atoms with Crippen LogP contribution in [0.5, 0.6) is 0 Å². The van der Waals surface area contributed by atoms with E-state index < -0.39 is 28.6 Å². The first-order valence-corrected chi connectivity index (χ1v) is 5.20. The quantitative estimate of drug-likeness (QED) is 0.841. The molecule has 0 aliphatic heterocycles. The van der Waals surface area contributed by atoms with E-state index in [1.54, 1.807) is 0 Å². The largest absolute Gasteiger partial charge is 0.417 e. The maximum absolute atomic E-state index is 12.8. The zero-order valence-corrected chi connectivity index (χ0v) is 10.2. The molecule has 0 saturated carbocycles. The van der Waals surface area contributed by atoms with E-state index in [-0.39, 0.29) is 5.69 Å². The molecule has 1 rings (SSSR count). The summed E-state index contributed by atoms with van der Waals surface area (Å²) in [6.07, 6.45) is -4.74. The SMILES string of the molecule is N#CC(C#N)=C(C#N)Nc1ccc(C#N)c(C(F)(F)F)c1. The fourth-order valence-electron chi connectivity index (χ4n) is 1.38. The Morgan fingerprint density at radius 1 is 1.00 bits per heavy atom. The van der Waals surface area contributed by atoms with E-state index in [0.717, 1.165) is 12.1 Å². The number of rotatable bonds is 2. The van der Waals surface area contributed by atoms with Gasteiger partial charge in [-0.15, -0.1) is 0 Å². The first-order chi connectivity index (χ1) is 9.87. The number of alkyl halides is 3. The average molecular weight is 287 g/mol. The number of halogens is 3. The molecule has 0 aliphatic carbocycles. The van der Waals surface area contributed by atoms with Gasteiger partial charge in [0, 0.05) is 5.69 Å². The van der Waals surface area contributed by atoms with Gasteiger partial charge in [-0.25, -0.2) is 0 Å². The van der Waals surface area contributed by atoms with Crippen molar-refractivity contribution in [2.45, 2.75) is 6.18 Å². The highest BCUT2D eigenvalue weighted by Crippen LogP contribution is 2.33. The minimum Gasteiger partial charge on any atom is -0.345 e. The van der Waals surface area contributed by atoms with Crippen LogP contribution in [0.1, 0.15) is 11.1 Å². The monoisotopic (exact) mass is 287 g/mol. The van der Waals surface area contributed by atoms with Crippen LogP contribution in [0.3, 0.4) is 0 Å². The standard InChI is InChI=1S/C13H4F3N5/c14-13(15,16)11-3-10(2-1-8(11)4-17)21-12(7-20)9(5-18)6-19/h1-3,21H. The highest BCUT2D eigenvalue weighted by molar-refractivity contribution is 5.61. The van der Waals surface area contributed by atoms with Crippen LogP contribution in [0.2, 0.25) is 0 Å². The summed E-state index contributed by atoms with van der Waals surface area (Å²) in [6, 6.07) is 8.52. The van der Waals surface area contributed by atoms with Crippen LogP contribution >= 0.6 is 0 Å². The zero-order chi connectivity index (χ0) is 16.0. The molecule has 1 aromatic carbocycles. The van der Waals surface area contributed by atoms with Crippen molar-refractivity contribution >= 4 is 5.69 Å². The third-order valence-corrected chi connectivity index (χ3v) is 2.30. The smallest absolute Gasteiger partial charge is 0.345 e. The molecule has 0 spiro atoms. The van der Waals surface area contributed by atoms with Crippen molar-refractivity contribution in [1.29, 1.82) is 21.0 Å². The molecule has 1 aromatic rings. The summed E-state index contributed by atoms with van der Waals surface area (Å²) in [6.45, 7) is 0. The molecule has 0 aliphatic rings. The number of benzene rings is 1. The number of allylic oxidation sites excluding steroid dienone is 2. The summed E-state index contributed by atoms with van der Waals surface area (Å²) in [4.78, 5) is 0. The molecule has 0 atom stereocenters. The molecule has 8 heteroatoms. The number of hydrogen-bond donors (Lipinski definition) is 1. The molecule has 0 saturated heterocycles. The summed E-state index contributed by atoms with van der Waals surface area (Å²) in [7, 11) is 0. The molecular weight excluding hydrogens is 283 g/mol. The molecule has 0 heterocycles. The van der Waals surface area contributed by atoms with Crippen LogP contribution in [-0.2, 0) is 6.18 Å². The number of nitrogens with one attached hydrogen (secondary N) is 1. The Balaban J connectivity index is 3.35. The van der Waals surface area contributed by atoms with Crippen molar-refractivity contribution in [3.63, 3.8) is 0 Å². The predicted octanol–water partition coefficient (Wildman–Crippen LogP) is 2.81. The fourth-order valence-corrected chi connectivity index (χ4v) is 1.38. The Hall–Kier alpha value is -3.49. The van der Waals surface area contributed by atoms with Crippen molar-refractivity contribution in [1.82, 2.24) is 0 Å². The van der Waals surface area contributed by atoms with Crippen LogP contribution in [0.15, 0.2) is 29.5 Å². The Bertz CT molecular complexity index is 747. The lowest BCUT2D eigenvalue weighted by atomic mass is 10.1. The van der Waals surface area contributed by atoms with E-state index in [2.05, 4.69) is 5.32 Å². The molecule has 0 bridgehead atoms.